The predicted molar refractivity (Wildman–Crippen MR) is 196 cm³/mol. The molecular weight excluding hydrogens is 648 g/mol. The maximum Gasteiger partial charge on any atom is 0.186 e. The molecule has 1 aliphatic rings. The number of phenols is 2. The Morgan fingerprint density at radius 3 is 2.59 bits per heavy atom. The van der Waals surface area contributed by atoms with Gasteiger partial charge in [0, 0.05) is 48.8 Å². The summed E-state index contributed by atoms with van der Waals surface area (Å²) in [5.74, 6) is 4.89. The molecule has 0 amide bonds. The van der Waals surface area contributed by atoms with Gasteiger partial charge in [0.15, 0.2) is 17.7 Å². The third-order valence-electron chi connectivity index (χ3n) is 9.87. The molecule has 3 heterocycles. The van der Waals surface area contributed by atoms with E-state index in [1.165, 1.54) is 12.1 Å². The van der Waals surface area contributed by atoms with E-state index in [-0.39, 0.29) is 48.7 Å². The van der Waals surface area contributed by atoms with Crippen LogP contribution in [0.25, 0.3) is 10.9 Å². The van der Waals surface area contributed by atoms with Crippen molar-refractivity contribution in [1.82, 2.24) is 9.55 Å². The van der Waals surface area contributed by atoms with Crippen molar-refractivity contribution in [3.63, 3.8) is 0 Å². The average molecular weight is 701 g/mol. The number of rotatable bonds is 16. The number of Topliss-reactive ketones (excluding diaryl/α,β-unsaturated/α-hetero) is 1. The zero-order valence-corrected chi connectivity index (χ0v) is 29.5. The van der Waals surface area contributed by atoms with Gasteiger partial charge in [-0.2, -0.15) is 0 Å². The summed E-state index contributed by atoms with van der Waals surface area (Å²) in [6, 6.07) is 8.23. The molecule has 0 aliphatic carbocycles. The molecule has 5 unspecified atom stereocenters. The van der Waals surface area contributed by atoms with E-state index in [2.05, 4.69) is 23.7 Å². The first-order valence-corrected chi connectivity index (χ1v) is 18.1. The molecule has 10 N–H and O–H groups in total. The number of carbonyl (C=O) groups excluding carboxylic acids is 1. The first kappa shape index (κ1) is 37.9. The van der Waals surface area contributed by atoms with Gasteiger partial charge in [0.1, 0.15) is 17.6 Å². The number of aryl methyl sites for hydroxylation is 1. The van der Waals surface area contributed by atoms with Crippen molar-refractivity contribution in [3.8, 4) is 29.1 Å². The Labute approximate surface area is 299 Å². The molecule has 11 heteroatoms. The summed E-state index contributed by atoms with van der Waals surface area (Å²) in [5.41, 5.74) is 16.4. The van der Waals surface area contributed by atoms with Crippen LogP contribution in [0.3, 0.4) is 0 Å². The number of nitrogens with two attached hydrogens (primary N) is 2. The lowest BCUT2D eigenvalue weighted by molar-refractivity contribution is -0.127. The summed E-state index contributed by atoms with van der Waals surface area (Å²) >= 11 is 0. The van der Waals surface area contributed by atoms with Crippen molar-refractivity contribution in [2.75, 3.05) is 0 Å². The Kier molecular flexibility index (Phi) is 12.8. The number of fused-ring (bicyclic) bond motifs is 2. The Balaban J connectivity index is 1.37. The zero-order chi connectivity index (χ0) is 36.7. The van der Waals surface area contributed by atoms with Crippen LogP contribution in [0.2, 0.25) is 0 Å². The zero-order valence-electron chi connectivity index (χ0n) is 29.5. The minimum atomic E-state index is -1.07. The fourth-order valence-electron chi connectivity index (χ4n) is 6.95. The monoisotopic (exact) mass is 700 g/mol. The van der Waals surface area contributed by atoms with Gasteiger partial charge in [-0.3, -0.25) is 4.79 Å². The highest BCUT2D eigenvalue weighted by molar-refractivity contribution is 5.83. The van der Waals surface area contributed by atoms with E-state index < -0.39 is 36.6 Å². The number of H-pyrrole nitrogens is 1. The van der Waals surface area contributed by atoms with Crippen molar-refractivity contribution in [2.45, 2.75) is 115 Å². The van der Waals surface area contributed by atoms with Crippen LogP contribution in [0.15, 0.2) is 48.9 Å². The van der Waals surface area contributed by atoms with Gasteiger partial charge in [-0.25, -0.2) is 0 Å². The van der Waals surface area contributed by atoms with Crippen LogP contribution < -0.4 is 16.2 Å². The van der Waals surface area contributed by atoms with Gasteiger partial charge in [0.2, 0.25) is 0 Å². The molecular formula is C40H52N4O7. The average Bonchev–Trinajstić information content (AvgIpc) is 3.68. The number of hydrogen-bond acceptors (Lipinski definition) is 9. The van der Waals surface area contributed by atoms with Crippen molar-refractivity contribution < 1.29 is 35.1 Å². The van der Waals surface area contributed by atoms with Gasteiger partial charge >= 0.3 is 0 Å². The van der Waals surface area contributed by atoms with Crippen LogP contribution in [-0.2, 0) is 17.6 Å². The predicted octanol–water partition coefficient (Wildman–Crippen LogP) is 5.52. The largest absolute Gasteiger partial charge is 0.508 e. The van der Waals surface area contributed by atoms with E-state index in [1.54, 1.807) is 12.1 Å². The highest BCUT2D eigenvalue weighted by Gasteiger charge is 2.28. The Morgan fingerprint density at radius 2 is 1.84 bits per heavy atom. The van der Waals surface area contributed by atoms with Crippen LogP contribution >= 0.6 is 0 Å². The van der Waals surface area contributed by atoms with Crippen LogP contribution in [0.5, 0.6) is 17.2 Å². The number of ketones is 1. The van der Waals surface area contributed by atoms with E-state index in [0.29, 0.717) is 30.4 Å². The Hall–Kier alpha value is -4.31. The second-order valence-corrected chi connectivity index (χ2v) is 13.8. The van der Waals surface area contributed by atoms with Crippen LogP contribution in [0.4, 0.5) is 0 Å². The number of aliphatic hydroxyl groups is 3. The standard InChI is InChI=1S/C40H52N4O7/c1-3-5-6-9-30(36(49)19-28(45)8-4-2)34(47)15-13-24-18-38(37(50)20-35(24)48)51-39-11-7-10-33(46)29-14-12-25(40(41)42)16-26(29)17-27-21-43-32-23-44(39)22-31(27)32/h12,14,16,18,20-23,28,30,33,36,39-40,43,45-46,48-50H,3-6,8-9,11,13,15,17,19,41-42H2,1-2H3. The number of aliphatic hydroxyl groups excluding tert-OH is 3. The number of aromatic amines is 1. The quantitative estimate of drug-likeness (QED) is 0.0421. The van der Waals surface area contributed by atoms with Crippen molar-refractivity contribution in [2.24, 2.45) is 17.4 Å². The molecule has 4 aromatic rings. The molecule has 0 spiro atoms. The number of phenolic OH excluding ortho intramolecular Hbond substituents is 2. The number of unbranched alkanes of at least 4 members (excludes halogenated alkanes) is 2. The lowest BCUT2D eigenvalue weighted by Gasteiger charge is -2.24. The van der Waals surface area contributed by atoms with E-state index in [1.807, 2.05) is 36.1 Å². The molecule has 0 radical (unpaired) electrons. The summed E-state index contributed by atoms with van der Waals surface area (Å²) in [6.07, 6.45) is 7.31. The van der Waals surface area contributed by atoms with Crippen LogP contribution in [0.1, 0.15) is 118 Å². The highest BCUT2D eigenvalue weighted by atomic mass is 16.5. The lowest BCUT2D eigenvalue weighted by Crippen LogP contribution is -2.32. The smallest absolute Gasteiger partial charge is 0.186 e. The lowest BCUT2D eigenvalue weighted by atomic mass is 9.85. The van der Waals surface area contributed by atoms with E-state index in [0.717, 1.165) is 53.3 Å². The molecule has 0 saturated heterocycles. The van der Waals surface area contributed by atoms with Gasteiger partial charge in [-0.05, 0) is 59.6 Å². The van der Waals surface area contributed by atoms with E-state index in [4.69, 9.17) is 16.2 Å². The summed E-state index contributed by atoms with van der Waals surface area (Å²) in [6.45, 7) is 4.04. The third kappa shape index (κ3) is 9.33. The fourth-order valence-corrected chi connectivity index (χ4v) is 6.95. The van der Waals surface area contributed by atoms with Gasteiger partial charge in [-0.15, -0.1) is 0 Å². The Morgan fingerprint density at radius 1 is 1.04 bits per heavy atom. The third-order valence-corrected chi connectivity index (χ3v) is 9.87. The number of nitrogens with zero attached hydrogens (tertiary/aromatic N) is 1. The second kappa shape index (κ2) is 17.3. The van der Waals surface area contributed by atoms with Gasteiger partial charge in [0.25, 0.3) is 0 Å². The highest BCUT2D eigenvalue weighted by Crippen LogP contribution is 2.38. The summed E-state index contributed by atoms with van der Waals surface area (Å²) in [5, 5.41) is 54.9. The van der Waals surface area contributed by atoms with E-state index in [9.17, 15) is 30.3 Å². The molecule has 2 aromatic carbocycles. The molecule has 0 fully saturated rings. The maximum atomic E-state index is 13.5. The van der Waals surface area contributed by atoms with Crippen molar-refractivity contribution >= 4 is 16.7 Å². The SMILES string of the molecule is CCCCCC(C(=O)CCc1cc(OC2CC#CC(O)c3ccc(C(N)N)cc3Cc3c[nH]c4cn2cc34)c(O)cc1O)C(O)CC(O)CCC. The summed E-state index contributed by atoms with van der Waals surface area (Å²) in [7, 11) is 0. The molecule has 1 aliphatic heterocycles. The number of benzene rings is 2. The molecule has 274 valence electrons. The number of nitrogens with one attached hydrogen (secondary N) is 1. The molecule has 0 saturated carbocycles. The normalized spacial score (nSPS) is 17.6. The fraction of sp³-hybridized carbons (Fsp3) is 0.475. The van der Waals surface area contributed by atoms with Gasteiger partial charge < -0.3 is 51.3 Å². The first-order chi connectivity index (χ1) is 24.5. The molecule has 2 bridgehead atoms. The minimum absolute atomic E-state index is 0.0631. The van der Waals surface area contributed by atoms with Crippen molar-refractivity contribution in [3.05, 3.63) is 76.7 Å². The van der Waals surface area contributed by atoms with Crippen LogP contribution in [-0.4, -0.2) is 53.1 Å². The minimum Gasteiger partial charge on any atom is -0.508 e. The molecule has 5 atom stereocenters. The topological polar surface area (TPSA) is 200 Å². The maximum absolute atomic E-state index is 13.5. The number of carbonyl (C=O) groups is 1. The second-order valence-electron chi connectivity index (χ2n) is 13.8. The molecule has 11 nitrogen and oxygen atoms in total. The number of aromatic hydroxyl groups is 2. The van der Waals surface area contributed by atoms with E-state index >= 15 is 0 Å². The number of ether oxygens (including phenoxy) is 1. The van der Waals surface area contributed by atoms with Crippen molar-refractivity contribution in [1.29, 1.82) is 0 Å². The first-order valence-electron chi connectivity index (χ1n) is 18.1. The van der Waals surface area contributed by atoms with Gasteiger partial charge in [-0.1, -0.05) is 69.6 Å². The molecule has 5 rings (SSSR count). The Bertz CT molecular complexity index is 1850. The van der Waals surface area contributed by atoms with Crippen LogP contribution in [0, 0.1) is 17.8 Å². The number of hydrogen-bond donors (Lipinski definition) is 8. The summed E-state index contributed by atoms with van der Waals surface area (Å²) in [4.78, 5) is 16.8. The summed E-state index contributed by atoms with van der Waals surface area (Å²) < 4.78 is 8.21. The van der Waals surface area contributed by atoms with Gasteiger partial charge in [0.05, 0.1) is 30.3 Å². The molecule has 2 aromatic heterocycles. The number of aromatic nitrogens is 2. The molecule has 51 heavy (non-hydrogen) atoms.